The van der Waals surface area contributed by atoms with Gasteiger partial charge < -0.3 is 44.6 Å². The van der Waals surface area contributed by atoms with Gasteiger partial charge in [-0.1, -0.05) is 98.8 Å². The van der Waals surface area contributed by atoms with E-state index in [1.807, 2.05) is 78.9 Å². The molecule has 0 aliphatic carbocycles. The topological polar surface area (TPSA) is 171 Å². The number of H-pyrrole nitrogens is 1. The maximum absolute atomic E-state index is 13.5. The molecule has 334 valence electrons. The number of fused-ring (bicyclic) bond motifs is 4. The molecule has 4 heterocycles. The fourth-order valence-electron chi connectivity index (χ4n) is 9.23. The van der Waals surface area contributed by atoms with Crippen molar-refractivity contribution in [1.29, 1.82) is 0 Å². The van der Waals surface area contributed by atoms with Crippen LogP contribution in [0.3, 0.4) is 0 Å². The Morgan fingerprint density at radius 2 is 1.52 bits per heavy atom. The molecule has 3 fully saturated rings. The lowest BCUT2D eigenvalue weighted by atomic mass is 9.81. The molecule has 1 amide bonds. The number of hydrogen-bond acceptors (Lipinski definition) is 10. The number of aromatic hydroxyl groups is 1. The smallest absolute Gasteiger partial charge is 0.426 e. The maximum atomic E-state index is 13.5. The van der Waals surface area contributed by atoms with Crippen molar-refractivity contribution >= 4 is 22.8 Å². The van der Waals surface area contributed by atoms with Crippen molar-refractivity contribution < 1.29 is 38.6 Å². The minimum atomic E-state index is -0.764. The van der Waals surface area contributed by atoms with Gasteiger partial charge in [-0.2, -0.15) is 0 Å². The van der Waals surface area contributed by atoms with Crippen LogP contribution >= 0.6 is 0 Å². The lowest BCUT2D eigenvalue weighted by molar-refractivity contribution is -0.936. The summed E-state index contributed by atoms with van der Waals surface area (Å²) in [6.45, 7) is 4.81. The summed E-state index contributed by atoms with van der Waals surface area (Å²) < 4.78 is 12.6. The molecule has 5 aromatic rings. The molecule has 3 atom stereocenters. The Morgan fingerprint density at radius 1 is 0.825 bits per heavy atom. The third-order valence-corrected chi connectivity index (χ3v) is 12.7. The summed E-state index contributed by atoms with van der Waals surface area (Å²) in [5, 5.41) is 27.9. The lowest BCUT2D eigenvalue weighted by Gasteiger charge is -2.52. The van der Waals surface area contributed by atoms with Gasteiger partial charge in [0.2, 0.25) is 11.3 Å². The normalized spacial score (nSPS) is 19.0. The summed E-state index contributed by atoms with van der Waals surface area (Å²) in [6, 6.07) is 30.6. The second kappa shape index (κ2) is 22.1. The first-order valence-corrected chi connectivity index (χ1v) is 22.5. The number of pyridine rings is 1. The van der Waals surface area contributed by atoms with Crippen molar-refractivity contribution in [2.45, 2.75) is 76.0 Å². The van der Waals surface area contributed by atoms with Crippen LogP contribution in [0.5, 0.6) is 17.2 Å². The highest BCUT2D eigenvalue weighted by Gasteiger charge is 2.47. The molecule has 3 saturated heterocycles. The van der Waals surface area contributed by atoms with Gasteiger partial charge >= 0.3 is 6.09 Å². The number of amides is 1. The number of methoxy groups -OCH3 is 1. The Morgan fingerprint density at radius 3 is 2.27 bits per heavy atom. The Bertz CT molecular complexity index is 2320. The second-order valence-electron chi connectivity index (χ2n) is 17.1. The molecule has 4 aromatic carbocycles. The van der Waals surface area contributed by atoms with Gasteiger partial charge in [-0.3, -0.25) is 9.59 Å². The number of carbonyl (C=O) groups excluding carboxylic acids is 2. The van der Waals surface area contributed by atoms with Crippen molar-refractivity contribution in [3.63, 3.8) is 0 Å². The van der Waals surface area contributed by atoms with Crippen LogP contribution in [0.2, 0.25) is 0 Å². The van der Waals surface area contributed by atoms with E-state index in [2.05, 4.69) is 21.1 Å². The van der Waals surface area contributed by atoms with E-state index >= 15 is 0 Å². The van der Waals surface area contributed by atoms with Crippen LogP contribution in [0.25, 0.3) is 10.9 Å². The number of aliphatic hydroxyl groups is 1. The van der Waals surface area contributed by atoms with E-state index in [-0.39, 0.29) is 23.1 Å². The number of quaternary nitrogens is 1. The number of ether oxygens (including phenoxy) is 2. The molecule has 0 radical (unpaired) electrons. The number of aromatic nitrogens is 1. The van der Waals surface area contributed by atoms with Crippen molar-refractivity contribution in [2.24, 2.45) is 5.92 Å². The monoisotopic (exact) mass is 860 g/mol. The summed E-state index contributed by atoms with van der Waals surface area (Å²) in [5.41, 5.74) is 6.21. The van der Waals surface area contributed by atoms with Gasteiger partial charge in [0.05, 0.1) is 57.1 Å². The minimum absolute atomic E-state index is 0.0206. The summed E-state index contributed by atoms with van der Waals surface area (Å²) in [4.78, 5) is 46.8. The fraction of sp³-hybridized carbons (Fsp3) is 0.420. The molecule has 63 heavy (non-hydrogen) atoms. The average molecular weight is 861 g/mol. The van der Waals surface area contributed by atoms with Gasteiger partial charge in [0.1, 0.15) is 23.8 Å². The average Bonchev–Trinajstić information content (AvgIpc) is 3.31. The fourth-order valence-corrected chi connectivity index (χ4v) is 9.23. The van der Waals surface area contributed by atoms with Crippen LogP contribution in [-0.4, -0.2) is 90.6 Å². The van der Waals surface area contributed by atoms with E-state index in [0.29, 0.717) is 58.1 Å². The minimum Gasteiger partial charge on any atom is -0.506 e. The number of benzene rings is 4. The third-order valence-electron chi connectivity index (χ3n) is 12.7. The molecular weight excluding hydrogens is 799 g/mol. The van der Waals surface area contributed by atoms with Gasteiger partial charge in [-0.05, 0) is 66.3 Å². The summed E-state index contributed by atoms with van der Waals surface area (Å²) in [5.74, 6) is 1.79. The van der Waals surface area contributed by atoms with Gasteiger partial charge in [-0.15, -0.1) is 5.48 Å². The molecule has 3 aliphatic heterocycles. The van der Waals surface area contributed by atoms with Crippen LogP contribution < -0.4 is 31.1 Å². The summed E-state index contributed by atoms with van der Waals surface area (Å²) >= 11 is 0. The van der Waals surface area contributed by atoms with Crippen LogP contribution in [0, 0.1) is 5.92 Å². The maximum Gasteiger partial charge on any atom is 0.426 e. The Kier molecular flexibility index (Phi) is 15.9. The van der Waals surface area contributed by atoms with Gasteiger partial charge in [0.15, 0.2) is 0 Å². The number of phenols is 1. The van der Waals surface area contributed by atoms with Crippen molar-refractivity contribution in [3.05, 3.63) is 136 Å². The Hall–Kier alpha value is -5.73. The van der Waals surface area contributed by atoms with Crippen LogP contribution in [-0.2, 0) is 4.84 Å². The standard InChI is InChI=1S/C50H61N5O8/c1-61-39-29-38(30-40(31-39)62-28-14-6-4-2-3-5-13-25-51-32-45(57)41-19-21-44(56)49-42(41)20-22-47(59)52-49)48(37-17-11-8-12-18-37)53-50(60)63-54-43-33-55(26-23-35(43)24-27-55)34-46(58)36-15-9-7-10-16-36/h7-12,15-22,29-31,35,43,45,48,51,54,57H,2-6,13-14,23-28,32-34H2,1H3,(H2-,52,53,56,59,60)/p+1. The highest BCUT2D eigenvalue weighted by atomic mass is 16.7. The summed E-state index contributed by atoms with van der Waals surface area (Å²) in [7, 11) is 1.62. The van der Waals surface area contributed by atoms with Crippen molar-refractivity contribution in [2.75, 3.05) is 53.0 Å². The highest BCUT2D eigenvalue weighted by molar-refractivity contribution is 5.97. The van der Waals surface area contributed by atoms with Gasteiger partial charge in [0.25, 0.3) is 0 Å². The molecule has 8 rings (SSSR count). The zero-order valence-electron chi connectivity index (χ0n) is 36.2. The molecule has 3 aliphatic rings. The number of ketones is 1. The SMILES string of the molecule is COc1cc(OCCCCCCCCCNCC(O)c2ccc(O)c3[nH]c(=O)ccc23)cc(C(NC(=O)ONC2C[N+]3(CC(=O)c4ccccc4)CCC2CC3)c2ccccc2)c1. The number of hydrogen-bond donors (Lipinski definition) is 6. The lowest BCUT2D eigenvalue weighted by Crippen LogP contribution is -2.68. The number of carbonyl (C=O) groups is 2. The number of phenolic OH excluding ortho intramolecular Hbond substituents is 1. The predicted octanol–water partition coefficient (Wildman–Crippen LogP) is 7.49. The molecule has 2 bridgehead atoms. The van der Waals surface area contributed by atoms with Crippen LogP contribution in [0.1, 0.15) is 97.0 Å². The van der Waals surface area contributed by atoms with Crippen LogP contribution in [0.15, 0.2) is 108 Å². The Balaban J connectivity index is 0.828. The number of aliphatic hydroxyl groups excluding tert-OH is 1. The molecular formula is C50H62N5O8+. The zero-order chi connectivity index (χ0) is 44.0. The number of nitrogens with one attached hydrogen (secondary N) is 4. The number of unbranched alkanes of at least 4 members (excludes halogenated alkanes) is 6. The molecule has 13 nitrogen and oxygen atoms in total. The van der Waals surface area contributed by atoms with E-state index in [0.717, 1.165) is 101 Å². The van der Waals surface area contributed by atoms with Gasteiger partial charge in [0, 0.05) is 42.5 Å². The van der Waals surface area contributed by atoms with Crippen molar-refractivity contribution in [3.8, 4) is 17.2 Å². The van der Waals surface area contributed by atoms with E-state index in [4.69, 9.17) is 14.3 Å². The molecule has 0 spiro atoms. The number of piperidine rings is 3. The van der Waals surface area contributed by atoms with Crippen LogP contribution in [0.4, 0.5) is 4.79 Å². The largest absolute Gasteiger partial charge is 0.506 e. The Labute approximate surface area is 369 Å². The molecule has 6 N–H and O–H groups in total. The van der Waals surface area contributed by atoms with E-state index < -0.39 is 18.2 Å². The zero-order valence-corrected chi connectivity index (χ0v) is 36.2. The van der Waals surface area contributed by atoms with Crippen molar-refractivity contribution in [1.82, 2.24) is 21.1 Å². The number of aromatic amines is 1. The first kappa shape index (κ1) is 45.3. The molecule has 13 heteroatoms. The van der Waals surface area contributed by atoms with E-state index in [1.165, 1.54) is 12.1 Å². The number of Topliss-reactive ketones (excluding diaryl/α,β-unsaturated/α-hetero) is 1. The number of rotatable bonds is 23. The molecule has 3 unspecified atom stereocenters. The third kappa shape index (κ3) is 12.3. The summed E-state index contributed by atoms with van der Waals surface area (Å²) in [6.07, 6.45) is 8.03. The first-order chi connectivity index (χ1) is 30.7. The van der Waals surface area contributed by atoms with E-state index in [9.17, 15) is 24.6 Å². The van der Waals surface area contributed by atoms with Gasteiger partial charge in [-0.25, -0.2) is 4.79 Å². The molecule has 0 saturated carbocycles. The second-order valence-corrected chi connectivity index (χ2v) is 17.1. The quantitative estimate of drug-likeness (QED) is 0.0168. The number of hydroxylamine groups is 1. The van der Waals surface area contributed by atoms with E-state index in [1.54, 1.807) is 19.2 Å². The number of nitrogens with zero attached hydrogens (tertiary/aromatic N) is 1. The first-order valence-electron chi connectivity index (χ1n) is 22.5. The highest BCUT2D eigenvalue weighted by Crippen LogP contribution is 2.35. The predicted molar refractivity (Wildman–Crippen MR) is 243 cm³/mol. The molecule has 1 aromatic heterocycles.